The van der Waals surface area contributed by atoms with Gasteiger partial charge in [0.25, 0.3) is 5.91 Å². The molecule has 3 aromatic rings. The second kappa shape index (κ2) is 8.55. The molecule has 0 radical (unpaired) electrons. The van der Waals surface area contributed by atoms with E-state index < -0.39 is 0 Å². The minimum atomic E-state index is -0.179. The Morgan fingerprint density at radius 3 is 2.87 bits per heavy atom. The van der Waals surface area contributed by atoms with Crippen LogP contribution in [-0.4, -0.2) is 77.8 Å². The minimum Gasteiger partial charge on any atom is -0.379 e. The normalized spacial score (nSPS) is 23.0. The monoisotopic (exact) mass is 406 g/mol. The summed E-state index contributed by atoms with van der Waals surface area (Å²) in [6.07, 6.45) is 5.39. The number of carbonyl (C=O) groups is 1. The number of nitrogens with zero attached hydrogens (tertiary/aromatic N) is 3. The van der Waals surface area contributed by atoms with Crippen LogP contribution in [-0.2, 0) is 9.47 Å². The van der Waals surface area contributed by atoms with E-state index in [2.05, 4.69) is 14.9 Å². The van der Waals surface area contributed by atoms with E-state index in [-0.39, 0.29) is 18.1 Å². The summed E-state index contributed by atoms with van der Waals surface area (Å²) in [5, 5.41) is 1.10. The first-order valence-electron chi connectivity index (χ1n) is 10.5. The molecule has 4 heterocycles. The van der Waals surface area contributed by atoms with Crippen LogP contribution in [0.15, 0.2) is 55.0 Å². The molecule has 0 spiro atoms. The van der Waals surface area contributed by atoms with E-state index in [9.17, 15) is 4.79 Å². The first kappa shape index (κ1) is 19.2. The van der Waals surface area contributed by atoms with Crippen molar-refractivity contribution in [2.24, 2.45) is 0 Å². The molecule has 156 valence electrons. The van der Waals surface area contributed by atoms with Gasteiger partial charge < -0.3 is 19.4 Å². The maximum Gasteiger partial charge on any atom is 0.254 e. The fourth-order valence-corrected chi connectivity index (χ4v) is 4.44. The highest BCUT2D eigenvalue weighted by atomic mass is 16.5. The van der Waals surface area contributed by atoms with Crippen LogP contribution in [0.3, 0.4) is 0 Å². The van der Waals surface area contributed by atoms with Crippen molar-refractivity contribution in [1.82, 2.24) is 19.8 Å². The molecule has 2 aliphatic heterocycles. The van der Waals surface area contributed by atoms with Gasteiger partial charge in [-0.3, -0.25) is 14.7 Å². The highest BCUT2D eigenvalue weighted by molar-refractivity contribution is 5.98. The minimum absolute atomic E-state index is 0.0237. The molecule has 7 heteroatoms. The number of rotatable bonds is 4. The van der Waals surface area contributed by atoms with Gasteiger partial charge >= 0.3 is 0 Å². The highest BCUT2D eigenvalue weighted by Crippen LogP contribution is 2.32. The molecule has 5 rings (SSSR count). The van der Waals surface area contributed by atoms with Crippen LogP contribution >= 0.6 is 0 Å². The number of nitrogens with one attached hydrogen (secondary N) is 1. The number of benzene rings is 1. The van der Waals surface area contributed by atoms with Gasteiger partial charge in [-0.05, 0) is 35.2 Å². The summed E-state index contributed by atoms with van der Waals surface area (Å²) < 4.78 is 11.7. The molecule has 30 heavy (non-hydrogen) atoms. The first-order chi connectivity index (χ1) is 14.8. The molecule has 2 aliphatic rings. The summed E-state index contributed by atoms with van der Waals surface area (Å²) in [5.41, 5.74) is 2.66. The van der Waals surface area contributed by atoms with Crippen molar-refractivity contribution >= 4 is 16.8 Å². The molecule has 2 fully saturated rings. The van der Waals surface area contributed by atoms with Crippen molar-refractivity contribution in [3.05, 3.63) is 66.1 Å². The summed E-state index contributed by atoms with van der Waals surface area (Å²) in [5.74, 6) is 0.0237. The second-order valence-corrected chi connectivity index (χ2v) is 7.83. The maximum atomic E-state index is 13.6. The predicted octanol–water partition coefficient (Wildman–Crippen LogP) is 2.48. The zero-order valence-electron chi connectivity index (χ0n) is 16.9. The Morgan fingerprint density at radius 1 is 1.13 bits per heavy atom. The average Bonchev–Trinajstić information content (AvgIpc) is 3.28. The van der Waals surface area contributed by atoms with Gasteiger partial charge in [0.05, 0.1) is 32.0 Å². The molecule has 0 unspecified atom stereocenters. The van der Waals surface area contributed by atoms with Crippen LogP contribution in [0.4, 0.5) is 0 Å². The second-order valence-electron chi connectivity index (χ2n) is 7.83. The lowest BCUT2D eigenvalue weighted by atomic mass is 9.97. The zero-order chi connectivity index (χ0) is 20.3. The fraction of sp³-hybridized carbons (Fsp3) is 0.391. The molecule has 1 amide bonds. The number of amides is 1. The Kier molecular flexibility index (Phi) is 5.48. The van der Waals surface area contributed by atoms with Gasteiger partial charge in [-0.2, -0.15) is 0 Å². The number of carbonyl (C=O) groups excluding carboxylic acids is 1. The number of H-pyrrole nitrogens is 1. The van der Waals surface area contributed by atoms with Gasteiger partial charge in [0.15, 0.2) is 0 Å². The molecular weight excluding hydrogens is 380 g/mol. The third kappa shape index (κ3) is 3.84. The lowest BCUT2D eigenvalue weighted by molar-refractivity contribution is -0.0819. The van der Waals surface area contributed by atoms with E-state index in [0.29, 0.717) is 18.7 Å². The lowest BCUT2D eigenvalue weighted by Crippen LogP contribution is -2.53. The first-order valence-corrected chi connectivity index (χ1v) is 10.5. The Bertz CT molecular complexity index is 1000. The van der Waals surface area contributed by atoms with E-state index in [1.807, 2.05) is 53.7 Å². The molecule has 0 saturated carbocycles. The summed E-state index contributed by atoms with van der Waals surface area (Å²) >= 11 is 0. The van der Waals surface area contributed by atoms with E-state index >= 15 is 0 Å². The summed E-state index contributed by atoms with van der Waals surface area (Å²) in [7, 11) is 0. The smallest absolute Gasteiger partial charge is 0.254 e. The maximum absolute atomic E-state index is 13.6. The fourth-order valence-electron chi connectivity index (χ4n) is 4.44. The lowest BCUT2D eigenvalue weighted by Gasteiger charge is -2.43. The van der Waals surface area contributed by atoms with Crippen LogP contribution in [0.25, 0.3) is 10.9 Å². The Balaban J connectivity index is 1.45. The quantitative estimate of drug-likeness (QED) is 0.721. The predicted molar refractivity (Wildman–Crippen MR) is 113 cm³/mol. The SMILES string of the molecule is O=C(c1ccc2cc[nH]c2c1)N1CCO[C@@H](CN2CCOCC2)[C@@H]1c1cccnc1. The number of ether oxygens (including phenoxy) is 2. The average molecular weight is 406 g/mol. The third-order valence-electron chi connectivity index (χ3n) is 5.98. The molecular formula is C23H26N4O3. The van der Waals surface area contributed by atoms with Crippen molar-refractivity contribution in [1.29, 1.82) is 0 Å². The Labute approximate surface area is 175 Å². The van der Waals surface area contributed by atoms with Crippen LogP contribution < -0.4 is 0 Å². The largest absolute Gasteiger partial charge is 0.379 e. The molecule has 2 saturated heterocycles. The van der Waals surface area contributed by atoms with Crippen LogP contribution in [0.1, 0.15) is 22.0 Å². The van der Waals surface area contributed by atoms with E-state index in [4.69, 9.17) is 9.47 Å². The molecule has 1 aromatic carbocycles. The van der Waals surface area contributed by atoms with Crippen molar-refractivity contribution in [3.8, 4) is 0 Å². The number of pyridine rings is 1. The number of aromatic nitrogens is 2. The van der Waals surface area contributed by atoms with Crippen LogP contribution in [0, 0.1) is 0 Å². The van der Waals surface area contributed by atoms with Crippen LogP contribution in [0.5, 0.6) is 0 Å². The number of hydrogen-bond donors (Lipinski definition) is 1. The van der Waals surface area contributed by atoms with E-state index in [1.54, 1.807) is 6.20 Å². The molecule has 2 aromatic heterocycles. The van der Waals surface area contributed by atoms with Gasteiger partial charge in [-0.1, -0.05) is 12.1 Å². The molecule has 2 atom stereocenters. The van der Waals surface area contributed by atoms with Crippen molar-refractivity contribution in [2.75, 3.05) is 46.0 Å². The number of aromatic amines is 1. The molecule has 0 aliphatic carbocycles. The number of hydrogen-bond acceptors (Lipinski definition) is 5. The van der Waals surface area contributed by atoms with Gasteiger partial charge in [-0.15, -0.1) is 0 Å². The van der Waals surface area contributed by atoms with Gasteiger partial charge in [0.2, 0.25) is 0 Å². The van der Waals surface area contributed by atoms with Crippen molar-refractivity contribution in [3.63, 3.8) is 0 Å². The molecule has 0 bridgehead atoms. The summed E-state index contributed by atoms with van der Waals surface area (Å²) in [6.45, 7) is 5.10. The Morgan fingerprint density at radius 2 is 2.03 bits per heavy atom. The summed E-state index contributed by atoms with van der Waals surface area (Å²) in [4.78, 5) is 25.4. The van der Waals surface area contributed by atoms with Gasteiger partial charge in [-0.25, -0.2) is 0 Å². The summed E-state index contributed by atoms with van der Waals surface area (Å²) in [6, 6.07) is 11.6. The third-order valence-corrected chi connectivity index (χ3v) is 5.98. The van der Waals surface area contributed by atoms with Gasteiger partial charge in [0, 0.05) is 55.8 Å². The molecule has 7 nitrogen and oxygen atoms in total. The van der Waals surface area contributed by atoms with Crippen molar-refractivity contribution in [2.45, 2.75) is 12.1 Å². The topological polar surface area (TPSA) is 70.7 Å². The standard InChI is InChI=1S/C23H26N4O3/c28-23(18-4-3-17-5-7-25-20(17)14-18)27-10-13-30-21(16-26-8-11-29-12-9-26)22(27)19-2-1-6-24-15-19/h1-7,14-15,21-22,25H,8-13,16H2/t21-,22-/m0/s1. The zero-order valence-corrected chi connectivity index (χ0v) is 16.9. The highest BCUT2D eigenvalue weighted by Gasteiger charge is 2.38. The number of fused-ring (bicyclic) bond motifs is 1. The number of morpholine rings is 2. The van der Waals surface area contributed by atoms with E-state index in [0.717, 1.165) is 49.3 Å². The van der Waals surface area contributed by atoms with Crippen LogP contribution in [0.2, 0.25) is 0 Å². The molecule has 1 N–H and O–H groups in total. The van der Waals surface area contributed by atoms with Gasteiger partial charge in [0.1, 0.15) is 0 Å². The Hall–Kier alpha value is -2.74. The van der Waals surface area contributed by atoms with Crippen molar-refractivity contribution < 1.29 is 14.3 Å². The van der Waals surface area contributed by atoms with E-state index in [1.165, 1.54) is 0 Å².